The summed E-state index contributed by atoms with van der Waals surface area (Å²) in [5.74, 6) is 2.21. The first-order valence-corrected chi connectivity index (χ1v) is 13.2. The Labute approximate surface area is 195 Å². The fourth-order valence-electron chi connectivity index (χ4n) is 6.53. The molecule has 4 fully saturated rings. The maximum absolute atomic E-state index is 13.0. The van der Waals surface area contributed by atoms with Gasteiger partial charge in [0, 0.05) is 51.3 Å². The average molecular weight is 450 g/mol. The lowest BCUT2D eigenvalue weighted by Crippen LogP contribution is -2.63. The van der Waals surface area contributed by atoms with Gasteiger partial charge in [0.1, 0.15) is 6.29 Å². The van der Waals surface area contributed by atoms with Crippen LogP contribution in [-0.2, 0) is 9.53 Å². The highest BCUT2D eigenvalue weighted by Crippen LogP contribution is 2.32. The second-order valence-corrected chi connectivity index (χ2v) is 11.0. The van der Waals surface area contributed by atoms with Gasteiger partial charge < -0.3 is 14.5 Å². The van der Waals surface area contributed by atoms with Crippen LogP contribution in [0.2, 0.25) is 0 Å². The zero-order valence-corrected chi connectivity index (χ0v) is 20.7. The number of piperidine rings is 1. The van der Waals surface area contributed by atoms with Crippen molar-refractivity contribution in [2.24, 2.45) is 17.8 Å². The minimum atomic E-state index is 0.212. The fraction of sp³-hybridized carbons (Fsp3) is 0.960. The molecule has 1 amide bonds. The Bertz CT molecular complexity index is 571. The van der Waals surface area contributed by atoms with Gasteiger partial charge in [0.15, 0.2) is 0 Å². The average Bonchev–Trinajstić information content (AvgIpc) is 2.85. The first kappa shape index (κ1) is 24.4. The molecule has 3 N–H and O–H groups in total. The molecule has 0 radical (unpaired) electrons. The lowest BCUT2D eigenvalue weighted by atomic mass is 9.78. The maximum atomic E-state index is 13.0. The quantitative estimate of drug-likeness (QED) is 0.576. The van der Waals surface area contributed by atoms with Crippen LogP contribution in [-0.4, -0.2) is 87.6 Å². The first-order chi connectivity index (χ1) is 15.5. The lowest BCUT2D eigenvalue weighted by Gasteiger charge is -2.41. The van der Waals surface area contributed by atoms with E-state index in [-0.39, 0.29) is 12.2 Å². The second-order valence-electron chi connectivity index (χ2n) is 11.0. The molecule has 2 saturated carbocycles. The summed E-state index contributed by atoms with van der Waals surface area (Å²) in [6.45, 7) is 4.07. The highest BCUT2D eigenvalue weighted by molar-refractivity contribution is 5.79. The molecule has 0 atom stereocenters. The van der Waals surface area contributed by atoms with Crippen LogP contribution in [0.5, 0.6) is 0 Å². The Kier molecular flexibility index (Phi) is 8.85. The molecule has 2 saturated heterocycles. The summed E-state index contributed by atoms with van der Waals surface area (Å²) in [5, 5.41) is 11.2. The number of hydrogen-bond donors (Lipinski definition) is 3. The van der Waals surface area contributed by atoms with Crippen molar-refractivity contribution in [2.45, 2.75) is 88.7 Å². The number of rotatable bonds is 6. The Balaban J connectivity index is 1.12. The van der Waals surface area contributed by atoms with E-state index in [9.17, 15) is 4.79 Å². The second kappa shape index (κ2) is 11.6. The Morgan fingerprint density at radius 3 is 2.06 bits per heavy atom. The van der Waals surface area contributed by atoms with Crippen molar-refractivity contribution in [1.29, 1.82) is 0 Å². The number of likely N-dealkylation sites (tertiary alicyclic amines) is 1. The molecule has 0 aromatic rings. The summed E-state index contributed by atoms with van der Waals surface area (Å²) >= 11 is 0. The predicted molar refractivity (Wildman–Crippen MR) is 128 cm³/mol. The van der Waals surface area contributed by atoms with Crippen molar-refractivity contribution >= 4 is 5.91 Å². The molecule has 4 aliphatic rings. The molecule has 0 unspecified atom stereocenters. The zero-order chi connectivity index (χ0) is 22.5. The predicted octanol–water partition coefficient (Wildman–Crippen LogP) is 1.99. The molecule has 0 bridgehead atoms. The summed E-state index contributed by atoms with van der Waals surface area (Å²) < 4.78 is 5.53. The van der Waals surface area contributed by atoms with E-state index in [4.69, 9.17) is 4.74 Å². The third kappa shape index (κ3) is 6.23. The monoisotopic (exact) mass is 449 g/mol. The van der Waals surface area contributed by atoms with Gasteiger partial charge in [-0.2, -0.15) is 0 Å². The van der Waals surface area contributed by atoms with Gasteiger partial charge in [-0.05, 0) is 90.1 Å². The molecule has 0 spiro atoms. The minimum absolute atomic E-state index is 0.212. The lowest BCUT2D eigenvalue weighted by molar-refractivity contribution is -0.138. The summed E-state index contributed by atoms with van der Waals surface area (Å²) in [6.07, 6.45) is 12.2. The Morgan fingerprint density at radius 1 is 0.875 bits per heavy atom. The first-order valence-electron chi connectivity index (χ1n) is 13.2. The van der Waals surface area contributed by atoms with Crippen LogP contribution >= 0.6 is 0 Å². The molecule has 7 heteroatoms. The summed E-state index contributed by atoms with van der Waals surface area (Å²) in [5.41, 5.74) is 0. The third-order valence-corrected chi connectivity index (χ3v) is 8.87. The number of hydrogen-bond acceptors (Lipinski definition) is 6. The van der Waals surface area contributed by atoms with Crippen LogP contribution in [0.25, 0.3) is 0 Å². The molecule has 0 aromatic carbocycles. The highest BCUT2D eigenvalue weighted by atomic mass is 16.5. The standard InChI is InChI=1S/C25H47N5O2/c1-29(2)22-12-14-30(15-13-22)24(31)19-4-8-21(9-5-19)28-25-26-16-20(17-27-25)18-6-10-23(32-3)11-7-18/h18-23,25-28H,4-17H2,1-3H3. The van der Waals surface area contributed by atoms with Crippen LogP contribution in [0.15, 0.2) is 0 Å². The van der Waals surface area contributed by atoms with Gasteiger partial charge in [-0.25, -0.2) is 0 Å². The smallest absolute Gasteiger partial charge is 0.225 e. The number of ether oxygens (including phenoxy) is 1. The summed E-state index contributed by atoms with van der Waals surface area (Å²) in [4.78, 5) is 17.5. The van der Waals surface area contributed by atoms with E-state index in [0.717, 1.165) is 76.5 Å². The van der Waals surface area contributed by atoms with Crippen LogP contribution in [0.1, 0.15) is 64.2 Å². The molecule has 0 aromatic heterocycles. The molecular formula is C25H47N5O2. The van der Waals surface area contributed by atoms with E-state index < -0.39 is 0 Å². The number of nitrogens with zero attached hydrogens (tertiary/aromatic N) is 2. The zero-order valence-electron chi connectivity index (χ0n) is 20.7. The molecule has 7 nitrogen and oxygen atoms in total. The van der Waals surface area contributed by atoms with Crippen molar-refractivity contribution < 1.29 is 9.53 Å². The maximum Gasteiger partial charge on any atom is 0.225 e. The fourth-order valence-corrected chi connectivity index (χ4v) is 6.53. The Morgan fingerprint density at radius 2 is 1.50 bits per heavy atom. The summed E-state index contributed by atoms with van der Waals surface area (Å²) in [7, 11) is 6.15. The molecule has 2 heterocycles. The largest absolute Gasteiger partial charge is 0.381 e. The van der Waals surface area contributed by atoms with E-state index in [1.54, 1.807) is 0 Å². The Hall–Kier alpha value is -0.730. The molecule has 32 heavy (non-hydrogen) atoms. The van der Waals surface area contributed by atoms with E-state index in [0.29, 0.717) is 24.1 Å². The number of carbonyl (C=O) groups excluding carboxylic acids is 1. The molecule has 4 rings (SSSR count). The van der Waals surface area contributed by atoms with E-state index in [2.05, 4.69) is 39.8 Å². The van der Waals surface area contributed by atoms with Gasteiger partial charge in [-0.15, -0.1) is 0 Å². The molecule has 184 valence electrons. The normalized spacial score (nSPS) is 37.6. The van der Waals surface area contributed by atoms with Crippen LogP contribution in [0.4, 0.5) is 0 Å². The topological polar surface area (TPSA) is 68.9 Å². The van der Waals surface area contributed by atoms with Crippen LogP contribution < -0.4 is 16.0 Å². The van der Waals surface area contributed by atoms with Gasteiger partial charge >= 0.3 is 0 Å². The van der Waals surface area contributed by atoms with Crippen LogP contribution in [0.3, 0.4) is 0 Å². The minimum Gasteiger partial charge on any atom is -0.381 e. The molecular weight excluding hydrogens is 402 g/mol. The van der Waals surface area contributed by atoms with E-state index in [1.807, 2.05) is 7.11 Å². The van der Waals surface area contributed by atoms with Gasteiger partial charge in [0.2, 0.25) is 5.91 Å². The van der Waals surface area contributed by atoms with Gasteiger partial charge in [0.05, 0.1) is 6.10 Å². The van der Waals surface area contributed by atoms with Gasteiger partial charge in [-0.1, -0.05) is 0 Å². The number of carbonyl (C=O) groups is 1. The van der Waals surface area contributed by atoms with Gasteiger partial charge in [0.25, 0.3) is 0 Å². The van der Waals surface area contributed by atoms with E-state index >= 15 is 0 Å². The highest BCUT2D eigenvalue weighted by Gasteiger charge is 2.34. The third-order valence-electron chi connectivity index (χ3n) is 8.87. The number of amides is 1. The van der Waals surface area contributed by atoms with Crippen molar-refractivity contribution in [2.75, 3.05) is 47.4 Å². The molecule has 2 aliphatic heterocycles. The van der Waals surface area contributed by atoms with Crippen molar-refractivity contribution in [1.82, 2.24) is 25.8 Å². The number of methoxy groups -OCH3 is 1. The van der Waals surface area contributed by atoms with Crippen molar-refractivity contribution in [3.63, 3.8) is 0 Å². The van der Waals surface area contributed by atoms with Gasteiger partial charge in [-0.3, -0.25) is 20.7 Å². The van der Waals surface area contributed by atoms with Crippen molar-refractivity contribution in [3.05, 3.63) is 0 Å². The van der Waals surface area contributed by atoms with Crippen LogP contribution in [0, 0.1) is 17.8 Å². The van der Waals surface area contributed by atoms with Crippen molar-refractivity contribution in [3.8, 4) is 0 Å². The number of nitrogens with one attached hydrogen (secondary N) is 3. The van der Waals surface area contributed by atoms with E-state index in [1.165, 1.54) is 25.7 Å². The summed E-state index contributed by atoms with van der Waals surface area (Å²) in [6, 6.07) is 1.15. The molecule has 2 aliphatic carbocycles. The SMILES string of the molecule is COC1CCC(C2CNC(NC3CCC(C(=O)N4CCC(N(C)C)CC4)CC3)NC2)CC1.